The minimum atomic E-state index is -1.17. The van der Waals surface area contributed by atoms with Crippen molar-refractivity contribution in [3.63, 3.8) is 0 Å². The van der Waals surface area contributed by atoms with Gasteiger partial charge in [0, 0.05) is 18.3 Å². The summed E-state index contributed by atoms with van der Waals surface area (Å²) in [5.41, 5.74) is 0.0570. The summed E-state index contributed by atoms with van der Waals surface area (Å²) in [5.74, 6) is -0.338. The van der Waals surface area contributed by atoms with Crippen LogP contribution in [0.4, 0.5) is 0 Å². The Labute approximate surface area is 125 Å². The maximum atomic E-state index is 12.1. The van der Waals surface area contributed by atoms with Crippen LogP contribution in [0, 0.1) is 5.41 Å². The normalized spacial score (nSPS) is 27.2. The van der Waals surface area contributed by atoms with Gasteiger partial charge in [0.25, 0.3) is 0 Å². The van der Waals surface area contributed by atoms with Crippen LogP contribution < -0.4 is 0 Å². The molecule has 0 radical (unpaired) electrons. The summed E-state index contributed by atoms with van der Waals surface area (Å²) in [6.45, 7) is 9.46. The number of nitrogens with zero attached hydrogens (tertiary/aromatic N) is 1. The number of hydrogen-bond acceptors (Lipinski definition) is 4. The first-order valence-corrected chi connectivity index (χ1v) is 8.67. The highest BCUT2D eigenvalue weighted by Gasteiger charge is 2.45. The highest BCUT2D eigenvalue weighted by atomic mass is 32.2. The Morgan fingerprint density at radius 1 is 1.15 bits per heavy atom. The van der Waals surface area contributed by atoms with Crippen molar-refractivity contribution >= 4 is 17.6 Å². The van der Waals surface area contributed by atoms with E-state index in [9.17, 15) is 4.55 Å². The molecule has 1 unspecified atom stereocenters. The lowest BCUT2D eigenvalue weighted by molar-refractivity contribution is -0.186. The molecule has 1 aliphatic carbocycles. The molecule has 0 bridgehead atoms. The van der Waals surface area contributed by atoms with Crippen LogP contribution in [-0.4, -0.2) is 34.5 Å². The number of rotatable bonds is 3. The minimum Gasteiger partial charge on any atom is -0.591 e. The Hall–Kier alpha value is -0.100. The van der Waals surface area contributed by atoms with Crippen molar-refractivity contribution < 1.29 is 14.0 Å². The molecule has 1 spiro atoms. The third-order valence-electron chi connectivity index (χ3n) is 4.47. The molecule has 1 heterocycles. The van der Waals surface area contributed by atoms with Crippen molar-refractivity contribution in [1.29, 1.82) is 0 Å². The predicted molar refractivity (Wildman–Crippen MR) is 82.2 cm³/mol. The topological polar surface area (TPSA) is 53.9 Å². The molecule has 0 aromatic rings. The van der Waals surface area contributed by atoms with Gasteiger partial charge in [-0.1, -0.05) is 11.3 Å². The molecule has 1 aliphatic heterocycles. The van der Waals surface area contributed by atoms with Crippen LogP contribution in [0.1, 0.15) is 59.8 Å². The molecule has 4 nitrogen and oxygen atoms in total. The van der Waals surface area contributed by atoms with Gasteiger partial charge in [0.05, 0.1) is 19.4 Å². The highest BCUT2D eigenvalue weighted by Crippen LogP contribution is 2.45. The van der Waals surface area contributed by atoms with Gasteiger partial charge in [0.1, 0.15) is 16.1 Å². The van der Waals surface area contributed by atoms with Gasteiger partial charge >= 0.3 is 0 Å². The lowest BCUT2D eigenvalue weighted by atomic mass is 9.71. The van der Waals surface area contributed by atoms with Gasteiger partial charge in [-0.3, -0.25) is 0 Å². The van der Waals surface area contributed by atoms with Crippen molar-refractivity contribution in [2.45, 2.75) is 70.3 Å². The molecule has 116 valence electrons. The Morgan fingerprint density at radius 3 is 2.15 bits per heavy atom. The van der Waals surface area contributed by atoms with Gasteiger partial charge in [-0.05, 0) is 40.0 Å². The second-order valence-electron chi connectivity index (χ2n) is 6.92. The lowest BCUT2D eigenvalue weighted by Crippen LogP contribution is -2.40. The first kappa shape index (κ1) is 16.3. The predicted octanol–water partition coefficient (Wildman–Crippen LogP) is 3.23. The average molecular weight is 301 g/mol. The van der Waals surface area contributed by atoms with Crippen molar-refractivity contribution in [2.75, 3.05) is 13.2 Å². The molecule has 0 aromatic carbocycles. The molecule has 5 heteroatoms. The zero-order valence-corrected chi connectivity index (χ0v) is 13.9. The Kier molecular flexibility index (Phi) is 4.84. The van der Waals surface area contributed by atoms with Crippen LogP contribution in [0.5, 0.6) is 0 Å². The summed E-state index contributed by atoms with van der Waals surface area (Å²) in [6, 6.07) is 0. The van der Waals surface area contributed by atoms with Crippen molar-refractivity contribution in [2.24, 2.45) is 9.81 Å². The highest BCUT2D eigenvalue weighted by molar-refractivity contribution is 7.91. The van der Waals surface area contributed by atoms with Gasteiger partial charge in [-0.2, -0.15) is 0 Å². The summed E-state index contributed by atoms with van der Waals surface area (Å²) < 4.78 is 27.7. The van der Waals surface area contributed by atoms with Crippen LogP contribution in [0.2, 0.25) is 0 Å². The summed E-state index contributed by atoms with van der Waals surface area (Å²) in [4.78, 5) is 0. The van der Waals surface area contributed by atoms with Crippen LogP contribution in [-0.2, 0) is 20.8 Å². The SMILES string of the molecule is CCC1(/C=N\[S+]([O-])C(C)(C)C)CCC2(CC1)OCCO2. The van der Waals surface area contributed by atoms with E-state index in [0.29, 0.717) is 13.2 Å². The zero-order valence-electron chi connectivity index (χ0n) is 13.1. The fourth-order valence-corrected chi connectivity index (χ4v) is 3.44. The average Bonchev–Trinajstić information content (AvgIpc) is 2.86. The molecule has 1 saturated carbocycles. The van der Waals surface area contributed by atoms with Crippen molar-refractivity contribution in [3.05, 3.63) is 0 Å². The van der Waals surface area contributed by atoms with E-state index in [1.54, 1.807) is 0 Å². The monoisotopic (exact) mass is 301 g/mol. The minimum absolute atomic E-state index is 0.0570. The molecule has 0 amide bonds. The van der Waals surface area contributed by atoms with E-state index in [1.165, 1.54) is 0 Å². The molecule has 20 heavy (non-hydrogen) atoms. The Bertz CT molecular complexity index is 349. The Morgan fingerprint density at radius 2 is 1.70 bits per heavy atom. The Balaban J connectivity index is 1.99. The summed E-state index contributed by atoms with van der Waals surface area (Å²) in [5, 5.41) is 0. The molecular formula is C15H27NO3S. The maximum absolute atomic E-state index is 12.1. The van der Waals surface area contributed by atoms with E-state index in [0.717, 1.165) is 32.1 Å². The third kappa shape index (κ3) is 3.56. The van der Waals surface area contributed by atoms with Crippen LogP contribution in [0.3, 0.4) is 0 Å². The third-order valence-corrected chi connectivity index (χ3v) is 5.82. The second kappa shape index (κ2) is 5.95. The first-order chi connectivity index (χ1) is 9.31. The summed E-state index contributed by atoms with van der Waals surface area (Å²) in [7, 11) is 0. The molecule has 2 fully saturated rings. The lowest BCUT2D eigenvalue weighted by Gasteiger charge is -2.41. The zero-order chi connectivity index (χ0) is 14.9. The number of hydrogen-bond donors (Lipinski definition) is 0. The van der Waals surface area contributed by atoms with E-state index < -0.39 is 11.4 Å². The van der Waals surface area contributed by atoms with E-state index in [-0.39, 0.29) is 15.9 Å². The van der Waals surface area contributed by atoms with Crippen LogP contribution in [0.15, 0.2) is 4.40 Å². The standard InChI is InChI=1S/C15H27NO3S/c1-5-14(12-16-20(17)13(2,3)4)6-8-15(9-7-14)18-10-11-19-15/h12H,5-11H2,1-4H3/b16-12-. The van der Waals surface area contributed by atoms with Crippen LogP contribution >= 0.6 is 0 Å². The summed E-state index contributed by atoms with van der Waals surface area (Å²) >= 11 is -1.17. The molecule has 0 N–H and O–H groups in total. The fourth-order valence-electron chi connectivity index (χ4n) is 2.81. The molecular weight excluding hydrogens is 274 g/mol. The van der Waals surface area contributed by atoms with E-state index in [2.05, 4.69) is 11.3 Å². The quantitative estimate of drug-likeness (QED) is 0.594. The molecule has 1 saturated heterocycles. The van der Waals surface area contributed by atoms with Gasteiger partial charge in [-0.15, -0.1) is 0 Å². The maximum Gasteiger partial charge on any atom is 0.168 e. The van der Waals surface area contributed by atoms with E-state index >= 15 is 0 Å². The fraction of sp³-hybridized carbons (Fsp3) is 0.933. The van der Waals surface area contributed by atoms with E-state index in [4.69, 9.17) is 9.47 Å². The van der Waals surface area contributed by atoms with E-state index in [1.807, 2.05) is 27.0 Å². The van der Waals surface area contributed by atoms with Crippen LogP contribution in [0.25, 0.3) is 0 Å². The van der Waals surface area contributed by atoms with Gasteiger partial charge in [0.15, 0.2) is 5.79 Å². The molecule has 0 aromatic heterocycles. The first-order valence-electron chi connectivity index (χ1n) is 7.56. The smallest absolute Gasteiger partial charge is 0.168 e. The van der Waals surface area contributed by atoms with Crippen molar-refractivity contribution in [3.8, 4) is 0 Å². The number of ether oxygens (including phenoxy) is 2. The molecule has 2 aliphatic rings. The molecule has 1 atom stereocenters. The molecule has 2 rings (SSSR count). The summed E-state index contributed by atoms with van der Waals surface area (Å²) in [6.07, 6.45) is 6.79. The van der Waals surface area contributed by atoms with Gasteiger partial charge < -0.3 is 14.0 Å². The van der Waals surface area contributed by atoms with Crippen molar-refractivity contribution in [1.82, 2.24) is 0 Å². The largest absolute Gasteiger partial charge is 0.591 e. The van der Waals surface area contributed by atoms with Gasteiger partial charge in [0.2, 0.25) is 0 Å². The second-order valence-corrected chi connectivity index (χ2v) is 8.85. The van der Waals surface area contributed by atoms with Gasteiger partial charge in [-0.25, -0.2) is 0 Å².